The van der Waals surface area contributed by atoms with Crippen LogP contribution in [-0.2, 0) is 9.47 Å². The zero-order valence-corrected chi connectivity index (χ0v) is 14.8. The molecule has 134 valence electrons. The molecular formula is C19H16ClNO5. The predicted octanol–water partition coefficient (Wildman–Crippen LogP) is 3.33. The average Bonchev–Trinajstić information content (AvgIpc) is 2.89. The fourth-order valence-electron chi connectivity index (χ4n) is 2.64. The highest BCUT2D eigenvalue weighted by atomic mass is 35.5. The van der Waals surface area contributed by atoms with Crippen LogP contribution in [-0.4, -0.2) is 37.6 Å². The van der Waals surface area contributed by atoms with Gasteiger partial charge in [0, 0.05) is 6.61 Å². The number of carbonyl (C=O) groups is 3. The van der Waals surface area contributed by atoms with Crippen LogP contribution in [0.25, 0.3) is 0 Å². The maximum absolute atomic E-state index is 12.7. The molecule has 0 saturated heterocycles. The lowest BCUT2D eigenvalue weighted by Crippen LogP contribution is -2.29. The molecule has 0 spiro atoms. The van der Waals surface area contributed by atoms with Gasteiger partial charge in [-0.25, -0.2) is 9.69 Å². The van der Waals surface area contributed by atoms with Crippen molar-refractivity contribution in [3.8, 4) is 0 Å². The third kappa shape index (κ3) is 3.34. The first-order valence-electron chi connectivity index (χ1n) is 8.06. The summed E-state index contributed by atoms with van der Waals surface area (Å²) in [5.74, 6) is -1.58. The van der Waals surface area contributed by atoms with Crippen LogP contribution < -0.4 is 4.90 Å². The Morgan fingerprint density at radius 1 is 1.04 bits per heavy atom. The van der Waals surface area contributed by atoms with Crippen LogP contribution in [0.15, 0.2) is 42.5 Å². The molecule has 0 radical (unpaired) electrons. The van der Waals surface area contributed by atoms with Crippen molar-refractivity contribution in [3.63, 3.8) is 0 Å². The Bertz CT molecular complexity index is 880. The Morgan fingerprint density at radius 3 is 2.50 bits per heavy atom. The van der Waals surface area contributed by atoms with Crippen LogP contribution >= 0.6 is 11.6 Å². The number of hydrogen-bond donors (Lipinski definition) is 0. The Labute approximate surface area is 155 Å². The number of carbonyl (C=O) groups excluding carboxylic acids is 3. The molecule has 0 fully saturated rings. The first-order valence-corrected chi connectivity index (χ1v) is 8.44. The summed E-state index contributed by atoms with van der Waals surface area (Å²) >= 11 is 6.11. The molecule has 1 aliphatic heterocycles. The number of ether oxygens (including phenoxy) is 2. The summed E-state index contributed by atoms with van der Waals surface area (Å²) < 4.78 is 10.2. The van der Waals surface area contributed by atoms with Crippen molar-refractivity contribution >= 4 is 35.1 Å². The molecule has 0 bridgehead atoms. The predicted molar refractivity (Wildman–Crippen MR) is 95.8 cm³/mol. The van der Waals surface area contributed by atoms with Gasteiger partial charge in [0.05, 0.1) is 34.0 Å². The van der Waals surface area contributed by atoms with E-state index in [4.69, 9.17) is 21.1 Å². The number of halogens is 1. The van der Waals surface area contributed by atoms with Crippen molar-refractivity contribution in [2.24, 2.45) is 0 Å². The summed E-state index contributed by atoms with van der Waals surface area (Å²) in [6.07, 6.45) is 0. The molecule has 2 amide bonds. The minimum absolute atomic E-state index is 0.113. The molecule has 1 aliphatic rings. The number of rotatable bonds is 6. The number of nitrogens with zero attached hydrogens (tertiary/aromatic N) is 1. The molecule has 7 heteroatoms. The minimum atomic E-state index is -0.580. The topological polar surface area (TPSA) is 72.9 Å². The molecule has 0 atom stereocenters. The normalized spacial score (nSPS) is 13.1. The van der Waals surface area contributed by atoms with E-state index in [-0.39, 0.29) is 28.3 Å². The zero-order chi connectivity index (χ0) is 18.7. The molecule has 0 saturated carbocycles. The summed E-state index contributed by atoms with van der Waals surface area (Å²) in [6.45, 7) is 2.79. The van der Waals surface area contributed by atoms with E-state index in [1.54, 1.807) is 24.3 Å². The van der Waals surface area contributed by atoms with Gasteiger partial charge < -0.3 is 9.47 Å². The monoisotopic (exact) mass is 373 g/mol. The highest BCUT2D eigenvalue weighted by molar-refractivity contribution is 6.39. The van der Waals surface area contributed by atoms with Crippen molar-refractivity contribution in [1.29, 1.82) is 0 Å². The molecule has 1 heterocycles. The van der Waals surface area contributed by atoms with Crippen LogP contribution in [0.4, 0.5) is 5.69 Å². The van der Waals surface area contributed by atoms with E-state index < -0.39 is 17.8 Å². The van der Waals surface area contributed by atoms with Crippen molar-refractivity contribution < 1.29 is 23.9 Å². The van der Waals surface area contributed by atoms with Gasteiger partial charge >= 0.3 is 5.97 Å². The number of benzene rings is 2. The fourth-order valence-corrected chi connectivity index (χ4v) is 2.86. The standard InChI is InChI=1S/C19H16ClNO5/c1-2-25-9-10-26-19(24)12-7-8-13-14(11-12)18(23)21(17(13)22)16-6-4-3-5-15(16)20/h3-8,11H,2,9-10H2,1H3. The summed E-state index contributed by atoms with van der Waals surface area (Å²) in [5.41, 5.74) is 0.874. The first kappa shape index (κ1) is 18.1. The number of imide groups is 1. The van der Waals surface area contributed by atoms with Crippen molar-refractivity contribution in [2.75, 3.05) is 24.7 Å². The van der Waals surface area contributed by atoms with E-state index in [1.807, 2.05) is 6.92 Å². The number of para-hydroxylation sites is 1. The number of hydrogen-bond acceptors (Lipinski definition) is 5. The summed E-state index contributed by atoms with van der Waals surface area (Å²) in [5, 5.41) is 0.289. The second-order valence-electron chi connectivity index (χ2n) is 5.49. The van der Waals surface area contributed by atoms with Crippen LogP contribution in [0.3, 0.4) is 0 Å². The van der Waals surface area contributed by atoms with E-state index >= 15 is 0 Å². The molecule has 2 aromatic carbocycles. The van der Waals surface area contributed by atoms with Gasteiger partial charge in [0.2, 0.25) is 0 Å². The second-order valence-corrected chi connectivity index (χ2v) is 5.90. The van der Waals surface area contributed by atoms with Gasteiger partial charge in [-0.15, -0.1) is 0 Å². The number of fused-ring (bicyclic) bond motifs is 1. The molecule has 0 unspecified atom stereocenters. The molecule has 26 heavy (non-hydrogen) atoms. The highest BCUT2D eigenvalue weighted by Gasteiger charge is 2.38. The summed E-state index contributed by atoms with van der Waals surface area (Å²) in [4.78, 5) is 38.4. The first-order chi connectivity index (χ1) is 12.5. The van der Waals surface area contributed by atoms with Gasteiger partial charge in [-0.1, -0.05) is 23.7 Å². The van der Waals surface area contributed by atoms with Gasteiger partial charge in [0.25, 0.3) is 11.8 Å². The van der Waals surface area contributed by atoms with E-state index in [9.17, 15) is 14.4 Å². The van der Waals surface area contributed by atoms with Crippen LogP contribution in [0, 0.1) is 0 Å². The van der Waals surface area contributed by atoms with Crippen LogP contribution in [0.5, 0.6) is 0 Å². The third-order valence-corrected chi connectivity index (χ3v) is 4.20. The zero-order valence-electron chi connectivity index (χ0n) is 14.0. The highest BCUT2D eigenvalue weighted by Crippen LogP contribution is 2.33. The smallest absolute Gasteiger partial charge is 0.338 e. The average molecular weight is 374 g/mol. The molecule has 0 aromatic heterocycles. The lowest BCUT2D eigenvalue weighted by atomic mass is 10.1. The van der Waals surface area contributed by atoms with E-state index in [0.717, 1.165) is 4.90 Å². The number of amides is 2. The quantitative estimate of drug-likeness (QED) is 0.441. The molecule has 0 N–H and O–H groups in total. The maximum atomic E-state index is 12.7. The Balaban J connectivity index is 1.84. The van der Waals surface area contributed by atoms with E-state index in [0.29, 0.717) is 18.9 Å². The largest absolute Gasteiger partial charge is 0.460 e. The van der Waals surface area contributed by atoms with Crippen LogP contribution in [0.1, 0.15) is 38.0 Å². The van der Waals surface area contributed by atoms with Crippen molar-refractivity contribution in [3.05, 3.63) is 64.2 Å². The SMILES string of the molecule is CCOCCOC(=O)c1ccc2c(c1)C(=O)N(c1ccccc1Cl)C2=O. The Kier molecular flexibility index (Phi) is 5.35. The van der Waals surface area contributed by atoms with E-state index in [1.165, 1.54) is 18.2 Å². The summed E-state index contributed by atoms with van der Waals surface area (Å²) in [7, 11) is 0. The molecule has 6 nitrogen and oxygen atoms in total. The molecule has 3 rings (SSSR count). The summed E-state index contributed by atoms with van der Waals surface area (Å²) in [6, 6.07) is 10.9. The molecule has 2 aromatic rings. The molecular weight excluding hydrogens is 358 g/mol. The number of esters is 1. The van der Waals surface area contributed by atoms with E-state index in [2.05, 4.69) is 0 Å². The second kappa shape index (κ2) is 7.68. The Morgan fingerprint density at radius 2 is 1.77 bits per heavy atom. The molecule has 0 aliphatic carbocycles. The minimum Gasteiger partial charge on any atom is -0.460 e. The Hall–Kier alpha value is -2.70. The number of anilines is 1. The third-order valence-electron chi connectivity index (χ3n) is 3.88. The van der Waals surface area contributed by atoms with Crippen molar-refractivity contribution in [2.45, 2.75) is 6.92 Å². The van der Waals surface area contributed by atoms with Crippen molar-refractivity contribution in [1.82, 2.24) is 0 Å². The van der Waals surface area contributed by atoms with Crippen LogP contribution in [0.2, 0.25) is 5.02 Å². The lowest BCUT2D eigenvalue weighted by Gasteiger charge is -2.15. The lowest BCUT2D eigenvalue weighted by molar-refractivity contribution is 0.0335. The van der Waals surface area contributed by atoms with Gasteiger partial charge in [-0.3, -0.25) is 9.59 Å². The van der Waals surface area contributed by atoms with Gasteiger partial charge in [-0.05, 0) is 37.3 Å². The van der Waals surface area contributed by atoms with Gasteiger partial charge in [0.1, 0.15) is 6.61 Å². The fraction of sp³-hybridized carbons (Fsp3) is 0.211. The van der Waals surface area contributed by atoms with Gasteiger partial charge in [0.15, 0.2) is 0 Å². The maximum Gasteiger partial charge on any atom is 0.338 e. The van der Waals surface area contributed by atoms with Gasteiger partial charge in [-0.2, -0.15) is 0 Å².